The van der Waals surface area contributed by atoms with Crippen LogP contribution in [-0.4, -0.2) is 29.0 Å². The van der Waals surface area contributed by atoms with Gasteiger partial charge < -0.3 is 15.2 Å². The number of hydrogen-bond acceptors (Lipinski definition) is 6. The van der Waals surface area contributed by atoms with E-state index in [0.717, 1.165) is 16.8 Å². The molecule has 0 saturated heterocycles. The number of benzene rings is 2. The summed E-state index contributed by atoms with van der Waals surface area (Å²) < 4.78 is 30.1. The molecule has 1 aliphatic rings. The predicted octanol–water partition coefficient (Wildman–Crippen LogP) is 3.84. The van der Waals surface area contributed by atoms with Gasteiger partial charge >= 0.3 is 0 Å². The van der Waals surface area contributed by atoms with Crippen LogP contribution in [0.15, 0.2) is 40.9 Å². The number of carbonyl (C=O) groups is 1. The largest absolute Gasteiger partial charge is 0.378 e. The molecule has 0 saturated carbocycles. The van der Waals surface area contributed by atoms with Gasteiger partial charge in [0.25, 0.3) is 12.3 Å². The van der Waals surface area contributed by atoms with Crippen LogP contribution in [0.1, 0.15) is 17.5 Å². The van der Waals surface area contributed by atoms with E-state index < -0.39 is 13.0 Å². The number of alkyl halides is 2. The fraction of sp³-hybridized carbons (Fsp3) is 0.200. The van der Waals surface area contributed by atoms with Crippen LogP contribution in [-0.2, 0) is 11.2 Å². The summed E-state index contributed by atoms with van der Waals surface area (Å²) in [4.78, 5) is 15.9. The summed E-state index contributed by atoms with van der Waals surface area (Å²) in [7, 11) is 0. The van der Waals surface area contributed by atoms with Crippen LogP contribution in [0.2, 0.25) is 0 Å². The van der Waals surface area contributed by atoms with Gasteiger partial charge in [0.1, 0.15) is 6.07 Å². The van der Waals surface area contributed by atoms with E-state index in [-0.39, 0.29) is 17.4 Å². The molecule has 1 aromatic heterocycles. The second kappa shape index (κ2) is 7.67. The highest BCUT2D eigenvalue weighted by Crippen LogP contribution is 2.30. The monoisotopic (exact) mass is 395 g/mol. The Kier molecular flexibility index (Phi) is 4.91. The van der Waals surface area contributed by atoms with Crippen molar-refractivity contribution in [3.63, 3.8) is 0 Å². The average molecular weight is 395 g/mol. The normalized spacial score (nSPS) is 13.0. The van der Waals surface area contributed by atoms with Gasteiger partial charge in [-0.1, -0.05) is 5.16 Å². The SMILES string of the molecule is N#Cc1cc(-c2nc(-c3ccc4c(c3)CCC(=O)N4)no2)ccc1NCC(F)F. The van der Waals surface area contributed by atoms with Crippen molar-refractivity contribution in [2.75, 3.05) is 17.2 Å². The molecule has 0 aliphatic carbocycles. The molecule has 2 N–H and O–H groups in total. The third kappa shape index (κ3) is 3.91. The number of carbonyl (C=O) groups excluding carboxylic acids is 1. The Morgan fingerprint density at radius 3 is 2.83 bits per heavy atom. The highest BCUT2D eigenvalue weighted by atomic mass is 19.3. The van der Waals surface area contributed by atoms with Crippen molar-refractivity contribution < 1.29 is 18.1 Å². The molecule has 2 aromatic carbocycles. The van der Waals surface area contributed by atoms with Crippen LogP contribution < -0.4 is 10.6 Å². The first-order valence-corrected chi connectivity index (χ1v) is 8.87. The van der Waals surface area contributed by atoms with Gasteiger partial charge in [-0.2, -0.15) is 10.2 Å². The molecule has 7 nitrogen and oxygen atoms in total. The second-order valence-corrected chi connectivity index (χ2v) is 6.49. The molecule has 1 aliphatic heterocycles. The zero-order valence-corrected chi connectivity index (χ0v) is 15.1. The molecular formula is C20H15F2N5O2. The number of fused-ring (bicyclic) bond motifs is 1. The molecule has 9 heteroatoms. The van der Waals surface area contributed by atoms with Crippen LogP contribution in [0, 0.1) is 11.3 Å². The van der Waals surface area contributed by atoms with E-state index in [4.69, 9.17) is 4.52 Å². The van der Waals surface area contributed by atoms with Crippen LogP contribution in [0.4, 0.5) is 20.2 Å². The minimum Gasteiger partial charge on any atom is -0.378 e. The molecule has 0 atom stereocenters. The van der Waals surface area contributed by atoms with Gasteiger partial charge in [0, 0.05) is 23.2 Å². The van der Waals surface area contributed by atoms with Gasteiger partial charge in [-0.25, -0.2) is 8.78 Å². The Hall–Kier alpha value is -3.80. The van der Waals surface area contributed by atoms with Crippen LogP contribution in [0.3, 0.4) is 0 Å². The third-order valence-electron chi connectivity index (χ3n) is 4.52. The molecule has 3 aromatic rings. The van der Waals surface area contributed by atoms with E-state index in [9.17, 15) is 18.8 Å². The van der Waals surface area contributed by atoms with Crippen molar-refractivity contribution in [2.45, 2.75) is 19.3 Å². The Bertz CT molecular complexity index is 1120. The Labute approximate surface area is 164 Å². The maximum atomic E-state index is 12.4. The highest BCUT2D eigenvalue weighted by Gasteiger charge is 2.18. The van der Waals surface area contributed by atoms with Crippen molar-refractivity contribution in [1.82, 2.24) is 10.1 Å². The molecule has 0 bridgehead atoms. The Morgan fingerprint density at radius 1 is 1.21 bits per heavy atom. The fourth-order valence-corrected chi connectivity index (χ4v) is 3.09. The number of aromatic nitrogens is 2. The number of rotatable bonds is 5. The molecule has 0 spiro atoms. The van der Waals surface area contributed by atoms with Crippen molar-refractivity contribution in [3.05, 3.63) is 47.5 Å². The van der Waals surface area contributed by atoms with Crippen LogP contribution >= 0.6 is 0 Å². The number of nitrogens with zero attached hydrogens (tertiary/aromatic N) is 3. The molecule has 4 rings (SSSR count). The number of nitrogens with one attached hydrogen (secondary N) is 2. The lowest BCUT2D eigenvalue weighted by Crippen LogP contribution is -2.18. The van der Waals surface area contributed by atoms with Gasteiger partial charge in [0.2, 0.25) is 11.7 Å². The van der Waals surface area contributed by atoms with Crippen molar-refractivity contribution >= 4 is 17.3 Å². The van der Waals surface area contributed by atoms with Crippen molar-refractivity contribution in [3.8, 4) is 28.9 Å². The van der Waals surface area contributed by atoms with Gasteiger partial charge in [-0.05, 0) is 48.4 Å². The van der Waals surface area contributed by atoms with E-state index >= 15 is 0 Å². The van der Waals surface area contributed by atoms with E-state index in [1.54, 1.807) is 18.2 Å². The van der Waals surface area contributed by atoms with E-state index in [1.165, 1.54) is 12.1 Å². The molecular weight excluding hydrogens is 380 g/mol. The summed E-state index contributed by atoms with van der Waals surface area (Å²) in [5, 5.41) is 18.6. The molecule has 1 amide bonds. The molecule has 0 fully saturated rings. The number of amides is 1. The first-order valence-electron chi connectivity index (χ1n) is 8.87. The summed E-state index contributed by atoms with van der Waals surface area (Å²) in [6.45, 7) is -0.544. The minimum atomic E-state index is -2.52. The molecule has 29 heavy (non-hydrogen) atoms. The van der Waals surface area contributed by atoms with E-state index in [0.29, 0.717) is 29.9 Å². The van der Waals surface area contributed by atoms with Gasteiger partial charge in [0.05, 0.1) is 17.8 Å². The molecule has 146 valence electrons. The van der Waals surface area contributed by atoms with Crippen LogP contribution in [0.25, 0.3) is 22.8 Å². The van der Waals surface area contributed by atoms with Gasteiger partial charge in [0.15, 0.2) is 0 Å². The maximum absolute atomic E-state index is 12.4. The van der Waals surface area contributed by atoms with Crippen molar-refractivity contribution in [2.24, 2.45) is 0 Å². The quantitative estimate of drug-likeness (QED) is 0.680. The smallest absolute Gasteiger partial charge is 0.258 e. The topological polar surface area (TPSA) is 104 Å². The number of hydrogen-bond donors (Lipinski definition) is 2. The summed E-state index contributed by atoms with van der Waals surface area (Å²) in [6.07, 6.45) is -1.46. The molecule has 0 radical (unpaired) electrons. The minimum absolute atomic E-state index is 0.00752. The zero-order valence-electron chi connectivity index (χ0n) is 15.1. The summed E-state index contributed by atoms with van der Waals surface area (Å²) in [5.74, 6) is 0.577. The highest BCUT2D eigenvalue weighted by molar-refractivity contribution is 5.94. The molecule has 0 unspecified atom stereocenters. The van der Waals surface area contributed by atoms with E-state index in [2.05, 4.69) is 20.8 Å². The lowest BCUT2D eigenvalue weighted by atomic mass is 10.0. The summed E-state index contributed by atoms with van der Waals surface area (Å²) in [6, 6.07) is 12.1. The first-order chi connectivity index (χ1) is 14.0. The van der Waals surface area contributed by atoms with Gasteiger partial charge in [-0.3, -0.25) is 4.79 Å². The Morgan fingerprint density at radius 2 is 2.03 bits per heavy atom. The number of aryl methyl sites for hydroxylation is 1. The second-order valence-electron chi connectivity index (χ2n) is 6.49. The van der Waals surface area contributed by atoms with Gasteiger partial charge in [-0.15, -0.1) is 0 Å². The summed E-state index contributed by atoms with van der Waals surface area (Å²) in [5.41, 5.74) is 3.54. The zero-order chi connectivity index (χ0) is 20.4. The average Bonchev–Trinajstić information content (AvgIpc) is 3.22. The third-order valence-corrected chi connectivity index (χ3v) is 4.52. The standard InChI is InChI=1S/C20H15F2N5O2/c21-17(22)10-24-15-4-2-13(8-14(15)9-23)20-26-19(27-29-20)12-1-5-16-11(7-12)3-6-18(28)25-16/h1-2,4-5,7-8,17,24H,3,6,10H2,(H,25,28). The number of nitriles is 1. The van der Waals surface area contributed by atoms with Crippen LogP contribution in [0.5, 0.6) is 0 Å². The molecule has 2 heterocycles. The van der Waals surface area contributed by atoms with Crippen molar-refractivity contribution in [1.29, 1.82) is 5.26 Å². The lowest BCUT2D eigenvalue weighted by molar-refractivity contribution is -0.116. The number of anilines is 2. The lowest BCUT2D eigenvalue weighted by Gasteiger charge is -2.16. The first kappa shape index (κ1) is 18.6. The number of halogens is 2. The Balaban J connectivity index is 1.59. The van der Waals surface area contributed by atoms with E-state index in [1.807, 2.05) is 12.1 Å². The maximum Gasteiger partial charge on any atom is 0.258 e. The summed E-state index contributed by atoms with van der Waals surface area (Å²) >= 11 is 0. The fourth-order valence-electron chi connectivity index (χ4n) is 3.09. The predicted molar refractivity (Wildman–Crippen MR) is 101 cm³/mol.